The molecule has 2 rings (SSSR count). The third-order valence-corrected chi connectivity index (χ3v) is 4.95. The second kappa shape index (κ2) is 10.8. The molecule has 1 aromatic rings. The molecule has 1 saturated carbocycles. The van der Waals surface area contributed by atoms with E-state index in [4.69, 9.17) is 9.47 Å². The van der Waals surface area contributed by atoms with Gasteiger partial charge in [-0.3, -0.25) is 9.59 Å². The number of carbonyl (C=O) groups is 2. The van der Waals surface area contributed by atoms with E-state index in [0.29, 0.717) is 13.2 Å². The van der Waals surface area contributed by atoms with Gasteiger partial charge in [0.1, 0.15) is 24.1 Å². The number of nitrogens with one attached hydrogen (secondary N) is 2. The summed E-state index contributed by atoms with van der Waals surface area (Å²) < 4.78 is 10.7. The number of methoxy groups -OCH3 is 1. The van der Waals surface area contributed by atoms with E-state index in [1.165, 1.54) is 6.42 Å². The molecule has 2 amide bonds. The predicted molar refractivity (Wildman–Crippen MR) is 105 cm³/mol. The molecule has 2 N–H and O–H groups in total. The second-order valence-electron chi connectivity index (χ2n) is 7.38. The summed E-state index contributed by atoms with van der Waals surface area (Å²) in [6.07, 6.45) is 5.24. The number of ether oxygens (including phenoxy) is 2. The van der Waals surface area contributed by atoms with Crippen LogP contribution in [-0.4, -0.2) is 38.1 Å². The quantitative estimate of drug-likeness (QED) is 0.650. The Hall–Kier alpha value is -2.24. The van der Waals surface area contributed by atoms with Crippen LogP contribution in [0.1, 0.15) is 46.0 Å². The molecular formula is C21H32N2O4. The summed E-state index contributed by atoms with van der Waals surface area (Å²) in [6.45, 7) is 4.63. The van der Waals surface area contributed by atoms with Crippen molar-refractivity contribution in [2.45, 2.75) is 52.0 Å². The first-order valence-corrected chi connectivity index (χ1v) is 9.86. The van der Waals surface area contributed by atoms with E-state index in [2.05, 4.69) is 10.6 Å². The van der Waals surface area contributed by atoms with Crippen molar-refractivity contribution in [3.05, 3.63) is 24.3 Å². The molecule has 0 spiro atoms. The lowest BCUT2D eigenvalue weighted by molar-refractivity contribution is -0.132. The summed E-state index contributed by atoms with van der Waals surface area (Å²) >= 11 is 0. The summed E-state index contributed by atoms with van der Waals surface area (Å²) in [5.41, 5.74) is 0. The van der Waals surface area contributed by atoms with Crippen molar-refractivity contribution in [3.63, 3.8) is 0 Å². The van der Waals surface area contributed by atoms with Crippen molar-refractivity contribution in [2.75, 3.05) is 20.3 Å². The largest absolute Gasteiger partial charge is 0.497 e. The van der Waals surface area contributed by atoms with E-state index < -0.39 is 6.04 Å². The summed E-state index contributed by atoms with van der Waals surface area (Å²) in [5.74, 6) is 1.41. The molecule has 6 nitrogen and oxygen atoms in total. The zero-order valence-electron chi connectivity index (χ0n) is 16.6. The fourth-order valence-electron chi connectivity index (χ4n) is 3.30. The number of amides is 2. The average molecular weight is 376 g/mol. The zero-order chi connectivity index (χ0) is 19.6. The highest BCUT2D eigenvalue weighted by molar-refractivity contribution is 5.88. The molecule has 0 heterocycles. The van der Waals surface area contributed by atoms with Gasteiger partial charge in [0.15, 0.2) is 0 Å². The van der Waals surface area contributed by atoms with E-state index in [1.54, 1.807) is 7.11 Å². The molecule has 1 aliphatic rings. The smallest absolute Gasteiger partial charge is 0.242 e. The highest BCUT2D eigenvalue weighted by atomic mass is 16.5. The Bertz CT molecular complexity index is 595. The van der Waals surface area contributed by atoms with Gasteiger partial charge in [0, 0.05) is 5.92 Å². The van der Waals surface area contributed by atoms with Crippen LogP contribution < -0.4 is 20.1 Å². The van der Waals surface area contributed by atoms with Gasteiger partial charge in [0.25, 0.3) is 0 Å². The van der Waals surface area contributed by atoms with Crippen LogP contribution in [0.4, 0.5) is 0 Å². The number of rotatable bonds is 9. The highest BCUT2D eigenvalue weighted by Crippen LogP contribution is 2.24. The molecule has 0 aliphatic heterocycles. The van der Waals surface area contributed by atoms with Crippen molar-refractivity contribution >= 4 is 11.8 Å². The average Bonchev–Trinajstić information content (AvgIpc) is 2.70. The van der Waals surface area contributed by atoms with E-state index in [1.807, 2.05) is 38.1 Å². The molecule has 27 heavy (non-hydrogen) atoms. The van der Waals surface area contributed by atoms with Crippen LogP contribution in [0.5, 0.6) is 11.5 Å². The minimum absolute atomic E-state index is 0.0121. The van der Waals surface area contributed by atoms with Gasteiger partial charge in [0.2, 0.25) is 11.8 Å². The van der Waals surface area contributed by atoms with Gasteiger partial charge in [-0.15, -0.1) is 0 Å². The lowest BCUT2D eigenvalue weighted by Gasteiger charge is -2.26. The molecule has 0 saturated heterocycles. The Kier molecular flexibility index (Phi) is 8.43. The Balaban J connectivity index is 1.75. The summed E-state index contributed by atoms with van der Waals surface area (Å²) in [4.78, 5) is 25.0. The first-order valence-electron chi connectivity index (χ1n) is 9.86. The third-order valence-electron chi connectivity index (χ3n) is 4.95. The van der Waals surface area contributed by atoms with Crippen molar-refractivity contribution in [1.82, 2.24) is 10.6 Å². The molecular weight excluding hydrogens is 344 g/mol. The molecule has 1 aromatic carbocycles. The van der Waals surface area contributed by atoms with Crippen molar-refractivity contribution in [2.24, 2.45) is 11.8 Å². The lowest BCUT2D eigenvalue weighted by Crippen LogP contribution is -2.51. The maximum Gasteiger partial charge on any atom is 0.242 e. The van der Waals surface area contributed by atoms with Gasteiger partial charge in [-0.05, 0) is 43.0 Å². The van der Waals surface area contributed by atoms with Gasteiger partial charge in [-0.25, -0.2) is 0 Å². The van der Waals surface area contributed by atoms with Crippen LogP contribution in [0.25, 0.3) is 0 Å². The van der Waals surface area contributed by atoms with Crippen LogP contribution in [0.3, 0.4) is 0 Å². The Morgan fingerprint density at radius 2 is 1.70 bits per heavy atom. The molecule has 0 bridgehead atoms. The summed E-state index contributed by atoms with van der Waals surface area (Å²) in [7, 11) is 1.61. The minimum atomic E-state index is -0.514. The Labute approximate surface area is 162 Å². The number of benzene rings is 1. The Morgan fingerprint density at radius 1 is 1.07 bits per heavy atom. The lowest BCUT2D eigenvalue weighted by atomic mass is 9.88. The first kappa shape index (κ1) is 21.1. The minimum Gasteiger partial charge on any atom is -0.497 e. The van der Waals surface area contributed by atoms with Crippen molar-refractivity contribution in [3.8, 4) is 11.5 Å². The van der Waals surface area contributed by atoms with E-state index in [-0.39, 0.29) is 23.7 Å². The van der Waals surface area contributed by atoms with Gasteiger partial charge < -0.3 is 20.1 Å². The molecule has 1 aliphatic carbocycles. The normalized spacial score (nSPS) is 15.9. The summed E-state index contributed by atoms with van der Waals surface area (Å²) in [6, 6.07) is 6.78. The molecule has 1 fully saturated rings. The topological polar surface area (TPSA) is 76.7 Å². The van der Waals surface area contributed by atoms with Crippen LogP contribution in [0.2, 0.25) is 0 Å². The molecule has 0 radical (unpaired) electrons. The standard InChI is InChI=1S/C21H32N2O4/c1-15(2)19(23-20(24)16-7-5-4-6-8-16)21(25)22-13-14-27-18-11-9-17(26-3)10-12-18/h9-12,15-16,19H,4-8,13-14H2,1-3H3,(H,22,25)(H,23,24). The number of hydrogen-bond donors (Lipinski definition) is 2. The molecule has 150 valence electrons. The fraction of sp³-hybridized carbons (Fsp3) is 0.619. The molecule has 1 unspecified atom stereocenters. The van der Waals surface area contributed by atoms with Gasteiger partial charge in [-0.1, -0.05) is 33.1 Å². The molecule has 0 aromatic heterocycles. The third kappa shape index (κ3) is 6.77. The fourth-order valence-corrected chi connectivity index (χ4v) is 3.30. The summed E-state index contributed by atoms with van der Waals surface area (Å²) in [5, 5.41) is 5.81. The predicted octanol–water partition coefficient (Wildman–Crippen LogP) is 2.91. The SMILES string of the molecule is COc1ccc(OCCNC(=O)C(NC(=O)C2CCCCC2)C(C)C)cc1. The van der Waals surface area contributed by atoms with Gasteiger partial charge >= 0.3 is 0 Å². The van der Waals surface area contributed by atoms with Crippen molar-refractivity contribution < 1.29 is 19.1 Å². The van der Waals surface area contributed by atoms with Gasteiger partial charge in [-0.2, -0.15) is 0 Å². The van der Waals surface area contributed by atoms with Crippen molar-refractivity contribution in [1.29, 1.82) is 0 Å². The highest BCUT2D eigenvalue weighted by Gasteiger charge is 2.28. The number of hydrogen-bond acceptors (Lipinski definition) is 4. The maximum atomic E-state index is 12.5. The Morgan fingerprint density at radius 3 is 2.30 bits per heavy atom. The van der Waals surface area contributed by atoms with Crippen LogP contribution in [0, 0.1) is 11.8 Å². The monoisotopic (exact) mass is 376 g/mol. The molecule has 1 atom stereocenters. The maximum absolute atomic E-state index is 12.5. The van der Waals surface area contributed by atoms with E-state index in [0.717, 1.165) is 37.2 Å². The first-order chi connectivity index (χ1) is 13.0. The van der Waals surface area contributed by atoms with E-state index >= 15 is 0 Å². The van der Waals surface area contributed by atoms with Crippen LogP contribution in [-0.2, 0) is 9.59 Å². The van der Waals surface area contributed by atoms with Crippen LogP contribution >= 0.6 is 0 Å². The second-order valence-corrected chi connectivity index (χ2v) is 7.38. The van der Waals surface area contributed by atoms with Gasteiger partial charge in [0.05, 0.1) is 13.7 Å². The number of carbonyl (C=O) groups excluding carboxylic acids is 2. The molecule has 6 heteroatoms. The van der Waals surface area contributed by atoms with Crippen LogP contribution in [0.15, 0.2) is 24.3 Å². The van der Waals surface area contributed by atoms with E-state index in [9.17, 15) is 9.59 Å². The zero-order valence-corrected chi connectivity index (χ0v) is 16.6.